The number of benzene rings is 3. The SMILES string of the molecule is CC12CCC3c4ccc(O)cc4CCC3C1CCC2O.OSN(Cc1ccccc1)Cc1ccccc1. The molecule has 4 nitrogen and oxygen atoms in total. The van der Waals surface area contributed by atoms with Gasteiger partial charge >= 0.3 is 0 Å². The van der Waals surface area contributed by atoms with E-state index in [-0.39, 0.29) is 11.5 Å². The molecule has 0 radical (unpaired) electrons. The maximum Gasteiger partial charge on any atom is 0.115 e. The number of hydrogen-bond acceptors (Lipinski definition) is 5. The Balaban J connectivity index is 0.000000154. The van der Waals surface area contributed by atoms with Crippen LogP contribution in [0, 0.1) is 17.3 Å². The lowest BCUT2D eigenvalue weighted by molar-refractivity contribution is -0.0226. The summed E-state index contributed by atoms with van der Waals surface area (Å²) >= 11 is 0.793. The number of fused-ring (bicyclic) bond motifs is 5. The van der Waals surface area contributed by atoms with Crippen LogP contribution < -0.4 is 0 Å². The smallest absolute Gasteiger partial charge is 0.115 e. The van der Waals surface area contributed by atoms with Crippen molar-refractivity contribution in [1.29, 1.82) is 0 Å². The minimum atomic E-state index is -0.0883. The highest BCUT2D eigenvalue weighted by atomic mass is 32.2. The summed E-state index contributed by atoms with van der Waals surface area (Å²) in [5.41, 5.74) is 5.39. The van der Waals surface area contributed by atoms with Gasteiger partial charge in [0.1, 0.15) is 5.75 Å². The van der Waals surface area contributed by atoms with Gasteiger partial charge in [-0.3, -0.25) is 0 Å². The van der Waals surface area contributed by atoms with E-state index in [4.69, 9.17) is 0 Å². The lowest BCUT2D eigenvalue weighted by Crippen LogP contribution is -2.43. The zero-order valence-corrected chi connectivity index (χ0v) is 22.5. The van der Waals surface area contributed by atoms with Crippen molar-refractivity contribution in [3.05, 3.63) is 101 Å². The molecule has 2 fully saturated rings. The van der Waals surface area contributed by atoms with E-state index in [0.717, 1.165) is 50.5 Å². The van der Waals surface area contributed by atoms with Crippen LogP contribution in [0.15, 0.2) is 78.9 Å². The molecule has 0 bridgehead atoms. The van der Waals surface area contributed by atoms with Gasteiger partial charge < -0.3 is 14.8 Å². The maximum atomic E-state index is 10.4. The highest BCUT2D eigenvalue weighted by molar-refractivity contribution is 7.91. The highest BCUT2D eigenvalue weighted by Crippen LogP contribution is 2.60. The van der Waals surface area contributed by atoms with Gasteiger partial charge in [0, 0.05) is 13.1 Å². The molecule has 5 heteroatoms. The van der Waals surface area contributed by atoms with E-state index in [1.165, 1.54) is 41.5 Å². The molecule has 0 amide bonds. The molecule has 3 aliphatic rings. The van der Waals surface area contributed by atoms with Crippen molar-refractivity contribution in [3.8, 4) is 5.75 Å². The molecule has 0 saturated heterocycles. The largest absolute Gasteiger partial charge is 0.508 e. The summed E-state index contributed by atoms with van der Waals surface area (Å²) < 4.78 is 11.2. The van der Waals surface area contributed by atoms with Gasteiger partial charge in [-0.1, -0.05) is 73.7 Å². The van der Waals surface area contributed by atoms with Gasteiger partial charge in [-0.15, -0.1) is 0 Å². The van der Waals surface area contributed by atoms with E-state index >= 15 is 0 Å². The van der Waals surface area contributed by atoms with E-state index in [1.807, 2.05) is 52.8 Å². The monoisotopic (exact) mass is 517 g/mol. The third-order valence-corrected chi connectivity index (χ3v) is 9.67. The fourth-order valence-corrected chi connectivity index (χ4v) is 7.64. The van der Waals surface area contributed by atoms with E-state index in [0.29, 0.717) is 17.6 Å². The Morgan fingerprint density at radius 2 is 1.51 bits per heavy atom. The third-order valence-electron chi connectivity index (χ3n) is 9.18. The molecular formula is C32H39NO3S. The van der Waals surface area contributed by atoms with E-state index in [1.54, 1.807) is 0 Å². The van der Waals surface area contributed by atoms with Crippen LogP contribution in [0.2, 0.25) is 0 Å². The minimum absolute atomic E-state index is 0.0883. The number of rotatable bonds is 5. The number of phenols is 1. The van der Waals surface area contributed by atoms with E-state index in [2.05, 4.69) is 37.3 Å². The number of phenolic OH excluding ortho intramolecular Hbond substituents is 1. The Kier molecular flexibility index (Phi) is 8.25. The highest BCUT2D eigenvalue weighted by Gasteiger charge is 2.54. The molecule has 37 heavy (non-hydrogen) atoms. The van der Waals surface area contributed by atoms with Crippen molar-refractivity contribution < 1.29 is 14.8 Å². The molecule has 3 aliphatic carbocycles. The topological polar surface area (TPSA) is 63.9 Å². The molecular weight excluding hydrogens is 478 g/mol. The average Bonchev–Trinajstić information content (AvgIpc) is 3.23. The molecule has 3 aromatic rings. The Morgan fingerprint density at radius 3 is 2.14 bits per heavy atom. The zero-order chi connectivity index (χ0) is 25.8. The van der Waals surface area contributed by atoms with Crippen molar-refractivity contribution in [2.24, 2.45) is 17.3 Å². The van der Waals surface area contributed by atoms with Crippen LogP contribution in [0.4, 0.5) is 0 Å². The first-order valence-electron chi connectivity index (χ1n) is 13.6. The van der Waals surface area contributed by atoms with Crippen LogP contribution in [0.5, 0.6) is 5.75 Å². The van der Waals surface area contributed by atoms with Crippen LogP contribution in [-0.4, -0.2) is 25.2 Å². The number of aliphatic hydroxyl groups is 1. The predicted octanol–water partition coefficient (Wildman–Crippen LogP) is 7.42. The third kappa shape index (κ3) is 5.75. The van der Waals surface area contributed by atoms with Crippen LogP contribution in [-0.2, 0) is 19.5 Å². The summed E-state index contributed by atoms with van der Waals surface area (Å²) in [7, 11) is 0. The number of aryl methyl sites for hydroxylation is 1. The van der Waals surface area contributed by atoms with Crippen molar-refractivity contribution in [2.75, 3.05) is 0 Å². The lowest BCUT2D eigenvalue weighted by Gasteiger charge is -2.50. The Hall–Kier alpha value is -2.31. The number of aliphatic hydroxyl groups excluding tert-OH is 1. The molecule has 3 N–H and O–H groups in total. The van der Waals surface area contributed by atoms with Gasteiger partial charge in [0.25, 0.3) is 0 Å². The van der Waals surface area contributed by atoms with Crippen LogP contribution >= 0.6 is 12.2 Å². The van der Waals surface area contributed by atoms with Gasteiger partial charge in [-0.05, 0) is 96.1 Å². The Morgan fingerprint density at radius 1 is 0.865 bits per heavy atom. The molecule has 0 spiro atoms. The molecule has 0 heterocycles. The van der Waals surface area contributed by atoms with Crippen LogP contribution in [0.3, 0.4) is 0 Å². The van der Waals surface area contributed by atoms with E-state index in [9.17, 15) is 14.8 Å². The molecule has 196 valence electrons. The predicted molar refractivity (Wildman–Crippen MR) is 151 cm³/mol. The van der Waals surface area contributed by atoms with Gasteiger partial charge in [0.2, 0.25) is 0 Å². The summed E-state index contributed by atoms with van der Waals surface area (Å²) in [6.45, 7) is 3.78. The summed E-state index contributed by atoms with van der Waals surface area (Å²) in [4.78, 5) is 0. The second-order valence-electron chi connectivity index (χ2n) is 11.3. The maximum absolute atomic E-state index is 10.4. The molecule has 0 aliphatic heterocycles. The fourth-order valence-electron chi connectivity index (χ4n) is 7.23. The van der Waals surface area contributed by atoms with Crippen molar-refractivity contribution in [2.45, 2.75) is 70.6 Å². The number of aromatic hydroxyl groups is 1. The molecule has 5 unspecified atom stereocenters. The van der Waals surface area contributed by atoms with Gasteiger partial charge in [-0.2, -0.15) is 0 Å². The summed E-state index contributed by atoms with van der Waals surface area (Å²) in [6, 6.07) is 26.3. The second kappa shape index (κ2) is 11.6. The Labute approximate surface area is 225 Å². The first-order chi connectivity index (χ1) is 18.0. The summed E-state index contributed by atoms with van der Waals surface area (Å²) in [6.07, 6.45) is 6.78. The zero-order valence-electron chi connectivity index (χ0n) is 21.7. The van der Waals surface area contributed by atoms with Crippen LogP contribution in [0.25, 0.3) is 0 Å². The Bertz CT molecular complexity index is 1120. The summed E-state index contributed by atoms with van der Waals surface area (Å²) in [5.74, 6) is 2.49. The molecule has 2 saturated carbocycles. The number of nitrogens with zero attached hydrogens (tertiary/aromatic N) is 1. The first-order valence-corrected chi connectivity index (χ1v) is 14.3. The van der Waals surface area contributed by atoms with E-state index < -0.39 is 0 Å². The lowest BCUT2D eigenvalue weighted by atomic mass is 9.55. The van der Waals surface area contributed by atoms with Crippen molar-refractivity contribution >= 4 is 12.2 Å². The van der Waals surface area contributed by atoms with Gasteiger partial charge in [0.05, 0.1) is 18.3 Å². The molecule has 3 aromatic carbocycles. The molecule has 5 atom stereocenters. The second-order valence-corrected chi connectivity index (χ2v) is 12.0. The minimum Gasteiger partial charge on any atom is -0.508 e. The normalized spacial score (nSPS) is 28.0. The van der Waals surface area contributed by atoms with Crippen molar-refractivity contribution in [1.82, 2.24) is 4.31 Å². The summed E-state index contributed by atoms with van der Waals surface area (Å²) in [5, 5.41) is 20.0. The number of hydrogen-bond donors (Lipinski definition) is 3. The first kappa shape index (κ1) is 26.3. The fraction of sp³-hybridized carbons (Fsp3) is 0.438. The van der Waals surface area contributed by atoms with Gasteiger partial charge in [-0.25, -0.2) is 4.31 Å². The average molecular weight is 518 g/mol. The molecule has 0 aromatic heterocycles. The van der Waals surface area contributed by atoms with Crippen LogP contribution in [0.1, 0.15) is 67.2 Å². The van der Waals surface area contributed by atoms with Crippen molar-refractivity contribution in [3.63, 3.8) is 0 Å². The standard InChI is InChI=1S/C18H24O2.C14H15NOS/c1-18-9-8-14-13-5-3-12(19)10-11(13)2-4-15(14)16(18)6-7-17(18)20;16-17-15(11-13-7-3-1-4-8-13)12-14-9-5-2-6-10-14/h3,5,10,14-17,19-20H,2,4,6-9H2,1H3;1-10,16H,11-12H2. The quantitative estimate of drug-likeness (QED) is 0.243. The van der Waals surface area contributed by atoms with Gasteiger partial charge in [0.15, 0.2) is 0 Å². The molecule has 6 rings (SSSR count).